The van der Waals surface area contributed by atoms with Crippen molar-refractivity contribution in [2.24, 2.45) is 0 Å². The van der Waals surface area contributed by atoms with Gasteiger partial charge in [-0.25, -0.2) is 9.97 Å². The third-order valence-electron chi connectivity index (χ3n) is 3.11. The van der Waals surface area contributed by atoms with Crippen LogP contribution >= 0.6 is 0 Å². The van der Waals surface area contributed by atoms with Gasteiger partial charge in [0.05, 0.1) is 16.7 Å². The van der Waals surface area contributed by atoms with Crippen LogP contribution in [0.4, 0.5) is 0 Å². The Morgan fingerprint density at radius 2 is 1.95 bits per heavy atom. The van der Waals surface area contributed by atoms with Gasteiger partial charge in [-0.05, 0) is 30.3 Å². The Kier molecular flexibility index (Phi) is 2.05. The van der Waals surface area contributed by atoms with Crippen LogP contribution in [0.25, 0.3) is 33.9 Å². The maximum absolute atomic E-state index is 4.56. The minimum absolute atomic E-state index is 0.844. The molecule has 0 aliphatic rings. The fourth-order valence-electron chi connectivity index (χ4n) is 2.19. The Bertz CT molecular complexity index is 777. The molecule has 0 saturated carbocycles. The van der Waals surface area contributed by atoms with Crippen LogP contribution in [-0.4, -0.2) is 24.9 Å². The van der Waals surface area contributed by atoms with Gasteiger partial charge < -0.3 is 15.0 Å². The van der Waals surface area contributed by atoms with Crippen molar-refractivity contribution in [2.45, 2.75) is 0 Å². The topological polar surface area (TPSA) is 73.2 Å². The van der Waals surface area contributed by atoms with E-state index in [2.05, 4.69) is 24.9 Å². The Morgan fingerprint density at radius 1 is 0.947 bits per heavy atom. The van der Waals surface area contributed by atoms with Crippen molar-refractivity contribution in [2.75, 3.05) is 0 Å². The lowest BCUT2D eigenvalue weighted by Crippen LogP contribution is -1.80. The van der Waals surface area contributed by atoms with Crippen molar-refractivity contribution in [1.82, 2.24) is 24.9 Å². The zero-order valence-corrected chi connectivity index (χ0v) is 10.0. The summed E-state index contributed by atoms with van der Waals surface area (Å²) in [7, 11) is 0. The summed E-state index contributed by atoms with van der Waals surface area (Å²) in [6, 6.07) is 10.0. The number of imidazole rings is 2. The lowest BCUT2D eigenvalue weighted by Gasteiger charge is -1.95. The molecular formula is C14H11N5. The average molecular weight is 249 g/mol. The van der Waals surface area contributed by atoms with Gasteiger partial charge in [0.2, 0.25) is 0 Å². The highest BCUT2D eigenvalue weighted by molar-refractivity contribution is 5.83. The lowest BCUT2D eigenvalue weighted by atomic mass is 10.2. The minimum Gasteiger partial charge on any atom is -0.359 e. The number of fused-ring (bicyclic) bond motifs is 1. The molecule has 0 amide bonds. The molecule has 4 aromatic rings. The van der Waals surface area contributed by atoms with E-state index in [1.54, 1.807) is 6.20 Å². The molecule has 0 radical (unpaired) electrons. The van der Waals surface area contributed by atoms with Gasteiger partial charge in [-0.15, -0.1) is 0 Å². The molecular weight excluding hydrogens is 238 g/mol. The van der Waals surface area contributed by atoms with Crippen LogP contribution in [0.3, 0.4) is 0 Å². The summed E-state index contributed by atoms with van der Waals surface area (Å²) < 4.78 is 0. The number of benzene rings is 1. The summed E-state index contributed by atoms with van der Waals surface area (Å²) in [5.74, 6) is 1.70. The van der Waals surface area contributed by atoms with Gasteiger partial charge in [-0.2, -0.15) is 0 Å². The molecule has 0 unspecified atom stereocenters. The number of nitrogens with zero attached hydrogens (tertiary/aromatic N) is 2. The first kappa shape index (κ1) is 10.1. The first-order valence-corrected chi connectivity index (χ1v) is 6.03. The van der Waals surface area contributed by atoms with Gasteiger partial charge in [-0.3, -0.25) is 0 Å². The molecule has 3 N–H and O–H groups in total. The van der Waals surface area contributed by atoms with Gasteiger partial charge in [0.1, 0.15) is 5.82 Å². The molecule has 19 heavy (non-hydrogen) atoms. The monoisotopic (exact) mass is 249 g/mol. The summed E-state index contributed by atoms with van der Waals surface area (Å²) in [6.07, 6.45) is 5.45. The van der Waals surface area contributed by atoms with Crippen molar-refractivity contribution in [3.05, 3.63) is 48.9 Å². The highest BCUT2D eigenvalue weighted by Gasteiger charge is 2.07. The second-order valence-electron chi connectivity index (χ2n) is 4.34. The quantitative estimate of drug-likeness (QED) is 0.511. The molecule has 3 heterocycles. The number of hydrogen-bond donors (Lipinski definition) is 3. The van der Waals surface area contributed by atoms with E-state index in [1.165, 1.54) is 0 Å². The molecule has 0 atom stereocenters. The third-order valence-corrected chi connectivity index (χ3v) is 3.11. The predicted molar refractivity (Wildman–Crippen MR) is 73.5 cm³/mol. The number of rotatable bonds is 2. The van der Waals surface area contributed by atoms with Gasteiger partial charge in [0, 0.05) is 24.2 Å². The number of aromatic amines is 3. The summed E-state index contributed by atoms with van der Waals surface area (Å²) in [5, 5.41) is 0. The van der Waals surface area contributed by atoms with Crippen molar-refractivity contribution in [1.29, 1.82) is 0 Å². The fraction of sp³-hybridized carbons (Fsp3) is 0. The molecule has 92 valence electrons. The molecule has 5 heteroatoms. The van der Waals surface area contributed by atoms with Gasteiger partial charge in [0.25, 0.3) is 0 Å². The molecule has 3 aromatic heterocycles. The smallest absolute Gasteiger partial charge is 0.154 e. The molecule has 0 fully saturated rings. The molecule has 5 nitrogen and oxygen atoms in total. The summed E-state index contributed by atoms with van der Waals surface area (Å²) in [5.41, 5.74) is 3.97. The summed E-state index contributed by atoms with van der Waals surface area (Å²) >= 11 is 0. The first-order chi connectivity index (χ1) is 9.40. The van der Waals surface area contributed by atoms with Crippen LogP contribution in [0, 0.1) is 0 Å². The van der Waals surface area contributed by atoms with Gasteiger partial charge in [-0.1, -0.05) is 0 Å². The number of H-pyrrole nitrogens is 3. The lowest BCUT2D eigenvalue weighted by molar-refractivity contribution is 1.27. The molecule has 0 saturated heterocycles. The standard InChI is InChI=1S/C14H11N5/c1-2-11(15-5-1)14-18-10-4-3-9(8-12(10)19-14)13-16-6-7-17-13/h1-8,15H,(H,16,17)(H,18,19). The largest absolute Gasteiger partial charge is 0.359 e. The van der Waals surface area contributed by atoms with Crippen LogP contribution in [0.15, 0.2) is 48.9 Å². The predicted octanol–water partition coefficient (Wildman–Crippen LogP) is 2.95. The van der Waals surface area contributed by atoms with E-state index >= 15 is 0 Å². The van der Waals surface area contributed by atoms with E-state index in [0.29, 0.717) is 0 Å². The van der Waals surface area contributed by atoms with E-state index in [9.17, 15) is 0 Å². The van der Waals surface area contributed by atoms with E-state index in [4.69, 9.17) is 0 Å². The second-order valence-corrected chi connectivity index (χ2v) is 4.34. The number of nitrogens with one attached hydrogen (secondary N) is 3. The fourth-order valence-corrected chi connectivity index (χ4v) is 2.19. The number of aromatic nitrogens is 5. The summed E-state index contributed by atoms with van der Waals surface area (Å²) in [4.78, 5) is 18.4. The number of hydrogen-bond acceptors (Lipinski definition) is 2. The first-order valence-electron chi connectivity index (χ1n) is 6.03. The maximum Gasteiger partial charge on any atom is 0.154 e. The second kappa shape index (κ2) is 3.84. The Hall–Kier alpha value is -2.82. The van der Waals surface area contributed by atoms with E-state index < -0.39 is 0 Å². The van der Waals surface area contributed by atoms with E-state index in [-0.39, 0.29) is 0 Å². The highest BCUT2D eigenvalue weighted by Crippen LogP contribution is 2.23. The normalized spacial score (nSPS) is 11.2. The molecule has 4 rings (SSSR count). The Balaban J connectivity index is 1.86. The van der Waals surface area contributed by atoms with Crippen molar-refractivity contribution < 1.29 is 0 Å². The highest BCUT2D eigenvalue weighted by atomic mass is 14.9. The van der Waals surface area contributed by atoms with Crippen LogP contribution < -0.4 is 0 Å². The van der Waals surface area contributed by atoms with Crippen LogP contribution in [-0.2, 0) is 0 Å². The van der Waals surface area contributed by atoms with Crippen LogP contribution in [0.5, 0.6) is 0 Å². The minimum atomic E-state index is 0.844. The zero-order valence-electron chi connectivity index (χ0n) is 10.0. The molecule has 0 aliphatic heterocycles. The molecule has 0 bridgehead atoms. The SMILES string of the molecule is c1c[nH]c(-c2nc3ccc(-c4ncc[nH]4)cc3[nH]2)c1. The van der Waals surface area contributed by atoms with E-state index in [0.717, 1.165) is 33.9 Å². The van der Waals surface area contributed by atoms with Crippen molar-refractivity contribution in [3.8, 4) is 22.9 Å². The van der Waals surface area contributed by atoms with Crippen molar-refractivity contribution >= 4 is 11.0 Å². The molecule has 0 aliphatic carbocycles. The van der Waals surface area contributed by atoms with Crippen LogP contribution in [0.2, 0.25) is 0 Å². The van der Waals surface area contributed by atoms with Gasteiger partial charge >= 0.3 is 0 Å². The molecule has 1 aromatic carbocycles. The van der Waals surface area contributed by atoms with Crippen LogP contribution in [0.1, 0.15) is 0 Å². The average Bonchev–Trinajstić information content (AvgIpc) is 3.18. The summed E-state index contributed by atoms with van der Waals surface area (Å²) in [6.45, 7) is 0. The van der Waals surface area contributed by atoms with Gasteiger partial charge in [0.15, 0.2) is 5.82 Å². The third kappa shape index (κ3) is 1.63. The zero-order chi connectivity index (χ0) is 12.7. The Labute approximate surface area is 108 Å². The Morgan fingerprint density at radius 3 is 2.74 bits per heavy atom. The van der Waals surface area contributed by atoms with E-state index in [1.807, 2.05) is 42.7 Å². The van der Waals surface area contributed by atoms with Crippen molar-refractivity contribution in [3.63, 3.8) is 0 Å². The maximum atomic E-state index is 4.56. The molecule has 0 spiro atoms.